The first-order chi connectivity index (χ1) is 36.5. The van der Waals surface area contributed by atoms with E-state index in [0.717, 1.165) is 12.8 Å². The Labute approximate surface area is 462 Å². The Bertz CT molecular complexity index is 1440. The van der Waals surface area contributed by atoms with E-state index in [9.17, 15) is 20.4 Å². The van der Waals surface area contributed by atoms with Crippen molar-refractivity contribution in [1.29, 1.82) is 0 Å². The number of nitrogens with zero attached hydrogens (tertiary/aromatic N) is 1. The summed E-state index contributed by atoms with van der Waals surface area (Å²) in [5.74, 6) is 0. The Hall–Kier alpha value is -0.690. The molecule has 462 valence electrons. The lowest BCUT2D eigenvalue weighted by Gasteiger charge is -2.42. The number of thiol groups is 1. The van der Waals surface area contributed by atoms with Crippen LogP contribution in [-0.2, 0) is 90.0 Å². The number of hydrogen-bond acceptors (Lipinski definition) is 27. The molecule has 0 aromatic carbocycles. The van der Waals surface area contributed by atoms with E-state index in [4.69, 9.17) is 100 Å². The normalized spacial score (nSPS) is 42.0. The van der Waals surface area contributed by atoms with Gasteiger partial charge < -0.3 is 126 Å². The minimum atomic E-state index is -1.04. The quantitative estimate of drug-likeness (QED) is 0.102. The number of likely N-dealkylation sites (N-methyl/N-ethyl adjacent to an activating group) is 1. The van der Waals surface area contributed by atoms with Crippen molar-refractivity contribution >= 4 is 12.6 Å². The standard InChI is InChI=1S/C10H20O6.C9H18O4S.C8H17NO2.C8H16O5.C8H16O4.C7H14O4/c1-12-5-6-7(13-2)8(14-3)9(15-4)10(11)16-6;1-5-6(10-2)7(11-3)8(12-4)9(14)13-5;1-6-7(9(2)3)4-5-8(10)11-6;1-10-5-4-13-8(9)7(12-3)6(5)11-2;1-5-8(11-3)6(10-2)4-7(9)12-5;1-4-7(9)5(10-2)3-6(8)11-4/h6-11H,5H2,1-4H3;5-9,14H,1-4H3;6-8,10H,4-5H2,1-3H3;5-9H,4H2,1-3H3;5-9H,4H2,1-3H3;4-9H,3H2,1-2H3/t6-,7-,8+,9-,10+;5-,6-,7+,8+,9-;6-,7+,8?;5-,6+,7+,8?;5-,6-,7?,8-;4-,5-,6?,7-/m001000/s1. The highest BCUT2D eigenvalue weighted by Gasteiger charge is 2.47. The van der Waals surface area contributed by atoms with Crippen LogP contribution in [0.2, 0.25) is 0 Å². The Morgan fingerprint density at radius 2 is 0.857 bits per heavy atom. The second-order valence-electron chi connectivity index (χ2n) is 19.1. The molecular weight excluding hydrogens is 1050 g/mol. The van der Waals surface area contributed by atoms with Crippen molar-refractivity contribution < 1.29 is 121 Å². The summed E-state index contributed by atoms with van der Waals surface area (Å²) >= 11 is 4.31. The predicted octanol–water partition coefficient (Wildman–Crippen LogP) is -0.452. The molecule has 77 heavy (non-hydrogen) atoms. The van der Waals surface area contributed by atoms with E-state index in [1.165, 1.54) is 21.3 Å². The lowest BCUT2D eigenvalue weighted by Crippen LogP contribution is -2.60. The molecule has 6 aliphatic rings. The van der Waals surface area contributed by atoms with Gasteiger partial charge in [0, 0.05) is 111 Å². The Morgan fingerprint density at radius 1 is 0.416 bits per heavy atom. The van der Waals surface area contributed by atoms with Crippen LogP contribution in [0.1, 0.15) is 53.4 Å². The van der Waals surface area contributed by atoms with E-state index in [1.54, 1.807) is 78.0 Å². The topological polar surface area (TPSA) is 300 Å². The van der Waals surface area contributed by atoms with E-state index >= 15 is 0 Å². The average molecular weight is 1150 g/mol. The number of rotatable bonds is 15. The summed E-state index contributed by atoms with van der Waals surface area (Å²) in [6.07, 6.45) is -6.07. The van der Waals surface area contributed by atoms with Gasteiger partial charge >= 0.3 is 0 Å². The highest BCUT2D eigenvalue weighted by molar-refractivity contribution is 7.80. The summed E-state index contributed by atoms with van der Waals surface area (Å²) in [6.45, 7) is 8.16. The van der Waals surface area contributed by atoms with Gasteiger partial charge in [-0.05, 0) is 54.6 Å². The third-order valence-corrected chi connectivity index (χ3v) is 14.5. The minimum Gasteiger partial charge on any atom is -0.388 e. The molecule has 4 unspecified atom stereocenters. The lowest BCUT2D eigenvalue weighted by atomic mass is 9.98. The van der Waals surface area contributed by atoms with E-state index < -0.39 is 49.8 Å². The van der Waals surface area contributed by atoms with Gasteiger partial charge in [-0.3, -0.25) is 0 Å². The van der Waals surface area contributed by atoms with Gasteiger partial charge in [-0.15, -0.1) is 12.6 Å². The molecule has 6 N–H and O–H groups in total. The molecule has 27 heteroatoms. The van der Waals surface area contributed by atoms with Gasteiger partial charge in [0.05, 0.1) is 49.8 Å². The molecule has 0 aliphatic carbocycles. The van der Waals surface area contributed by atoms with Crippen molar-refractivity contribution in [3.8, 4) is 0 Å². The Kier molecular flexibility index (Phi) is 38.3. The molecule has 6 aliphatic heterocycles. The molecule has 0 spiro atoms. The maximum atomic E-state index is 9.74. The molecule has 6 rings (SSSR count). The number of methoxy groups -OCH3 is 13. The van der Waals surface area contributed by atoms with Crippen molar-refractivity contribution in [3.05, 3.63) is 0 Å². The Balaban J connectivity index is 0.000000464. The molecule has 0 saturated carbocycles. The molecule has 0 radical (unpaired) electrons. The van der Waals surface area contributed by atoms with Crippen LogP contribution in [-0.4, -0.2) is 308 Å². The van der Waals surface area contributed by atoms with Gasteiger partial charge in [0.2, 0.25) is 0 Å². The molecule has 0 amide bonds. The van der Waals surface area contributed by atoms with Crippen molar-refractivity contribution in [1.82, 2.24) is 4.90 Å². The zero-order valence-corrected chi connectivity index (χ0v) is 49.9. The monoisotopic (exact) mass is 1150 g/mol. The van der Waals surface area contributed by atoms with Gasteiger partial charge in [-0.2, -0.15) is 0 Å². The number of hydrogen-bond donors (Lipinski definition) is 7. The van der Waals surface area contributed by atoms with Crippen molar-refractivity contribution in [2.24, 2.45) is 0 Å². The van der Waals surface area contributed by atoms with Crippen LogP contribution >= 0.6 is 12.6 Å². The first kappa shape index (κ1) is 74.3. The summed E-state index contributed by atoms with van der Waals surface area (Å²) in [4.78, 5) is 2.15. The van der Waals surface area contributed by atoms with Gasteiger partial charge in [0.25, 0.3) is 0 Å². The molecule has 0 aromatic rings. The van der Waals surface area contributed by atoms with Crippen molar-refractivity contribution in [2.75, 3.05) is 120 Å². The van der Waals surface area contributed by atoms with E-state index in [0.29, 0.717) is 32.1 Å². The lowest BCUT2D eigenvalue weighted by molar-refractivity contribution is -0.300. The van der Waals surface area contributed by atoms with Gasteiger partial charge in [-0.25, -0.2) is 0 Å². The zero-order chi connectivity index (χ0) is 58.7. The van der Waals surface area contributed by atoms with Gasteiger partial charge in [0.15, 0.2) is 31.5 Å². The molecule has 26 nitrogen and oxygen atoms in total. The fourth-order valence-electron chi connectivity index (χ4n) is 9.81. The summed E-state index contributed by atoms with van der Waals surface area (Å²) in [5.41, 5.74) is -0.272. The minimum absolute atomic E-state index is 0.0427. The first-order valence-electron chi connectivity index (χ1n) is 25.7. The average Bonchev–Trinajstić information content (AvgIpc) is 3.39. The molecule has 25 atom stereocenters. The van der Waals surface area contributed by atoms with E-state index in [1.807, 2.05) is 34.9 Å². The first-order valence-corrected chi connectivity index (χ1v) is 26.2. The largest absolute Gasteiger partial charge is 0.388 e. The molecule has 0 aromatic heterocycles. The molecule has 6 heterocycles. The zero-order valence-electron chi connectivity index (χ0n) is 49.0. The van der Waals surface area contributed by atoms with E-state index in [-0.39, 0.29) is 97.0 Å². The second kappa shape index (κ2) is 39.7. The van der Waals surface area contributed by atoms with Gasteiger partial charge in [-0.1, -0.05) is 0 Å². The maximum absolute atomic E-state index is 9.74. The summed E-state index contributed by atoms with van der Waals surface area (Å²) in [6, 6.07) is 0.457. The second-order valence-corrected chi connectivity index (χ2v) is 19.6. The summed E-state index contributed by atoms with van der Waals surface area (Å²) in [7, 11) is 24.5. The number of aliphatic hydroxyl groups is 6. The van der Waals surface area contributed by atoms with Gasteiger partial charge in [0.1, 0.15) is 78.7 Å². The van der Waals surface area contributed by atoms with Crippen LogP contribution in [0.4, 0.5) is 0 Å². The van der Waals surface area contributed by atoms with Crippen molar-refractivity contribution in [2.45, 2.75) is 206 Å². The highest BCUT2D eigenvalue weighted by Crippen LogP contribution is 2.30. The summed E-state index contributed by atoms with van der Waals surface area (Å²) < 4.78 is 98.8. The smallest absolute Gasteiger partial charge is 0.184 e. The van der Waals surface area contributed by atoms with Crippen LogP contribution in [0.25, 0.3) is 0 Å². The fraction of sp³-hybridized carbons (Fsp3) is 1.00. The van der Waals surface area contributed by atoms with Crippen LogP contribution < -0.4 is 0 Å². The summed E-state index contributed by atoms with van der Waals surface area (Å²) in [5, 5.41) is 56.0. The van der Waals surface area contributed by atoms with Crippen molar-refractivity contribution in [3.63, 3.8) is 0 Å². The number of aliphatic hydroxyl groups excluding tert-OH is 6. The van der Waals surface area contributed by atoms with Crippen LogP contribution in [0.3, 0.4) is 0 Å². The SMILES string of the molecule is COC[C@@H]1O[C@@H](O)[C@@H](OC)[C@H](OC)[C@H]1OC.CO[C@@H]1[C@@H](OC)COC(O)[C@@H]1OC.CO[C@@H]1[C@@H](OC)[C@H](C)O[C@@H](S)[C@@H]1OC.CO[C@H]1CC(O)O[C@@H](C)[C@@H]1O.CO[C@H]1[C@H](C)OC(O)C[C@@H]1OC.C[C@H]1OC(O)CC[C@@H]1N(C)C. The third kappa shape index (κ3) is 23.1. The predicted molar refractivity (Wildman–Crippen MR) is 279 cm³/mol. The van der Waals surface area contributed by atoms with E-state index in [2.05, 4.69) is 17.5 Å². The van der Waals surface area contributed by atoms with Crippen LogP contribution in [0.15, 0.2) is 0 Å². The number of ether oxygens (including phenoxy) is 19. The molecule has 6 fully saturated rings. The van der Waals surface area contributed by atoms with Crippen LogP contribution in [0, 0.1) is 0 Å². The van der Waals surface area contributed by atoms with Crippen LogP contribution in [0.5, 0.6) is 0 Å². The fourth-order valence-corrected chi connectivity index (χ4v) is 10.3. The Morgan fingerprint density at radius 3 is 1.31 bits per heavy atom. The maximum Gasteiger partial charge on any atom is 0.184 e. The molecule has 6 saturated heterocycles. The molecule has 0 bridgehead atoms. The molecular formula is C50H101NO25S. The third-order valence-electron chi connectivity index (χ3n) is 14.0. The highest BCUT2D eigenvalue weighted by atomic mass is 32.1.